The second kappa shape index (κ2) is 15.0. The minimum Gasteiger partial charge on any atom is -0.460 e. The Kier molecular flexibility index (Phi) is 11.3. The van der Waals surface area contributed by atoms with Crippen molar-refractivity contribution in [2.45, 2.75) is 31.8 Å². The smallest absolute Gasteiger partial charge is 0.320 e. The Bertz CT molecular complexity index is 994. The lowest BCUT2D eigenvalue weighted by Gasteiger charge is -2.24. The van der Waals surface area contributed by atoms with E-state index in [4.69, 9.17) is 18.5 Å². The number of esters is 1. The summed E-state index contributed by atoms with van der Waals surface area (Å²) in [7, 11) is 0.140. The number of amides is 2. The molecule has 0 radical (unpaired) electrons. The molecule has 2 aromatic rings. The maximum atomic E-state index is 12.2. The van der Waals surface area contributed by atoms with Gasteiger partial charge in [-0.1, -0.05) is 48.5 Å². The molecule has 0 aromatic heterocycles. The second-order valence-electron chi connectivity index (χ2n) is 7.84. The van der Waals surface area contributed by atoms with E-state index in [2.05, 4.69) is 5.09 Å². The highest BCUT2D eigenvalue weighted by atomic mass is 31.2. The van der Waals surface area contributed by atoms with Crippen molar-refractivity contribution in [2.75, 3.05) is 20.2 Å². The lowest BCUT2D eigenvalue weighted by Crippen LogP contribution is -2.29. The number of ether oxygens (including phenoxy) is 2. The number of carbonyl (C=O) groups excluding carboxylic acids is 3. The Labute approximate surface area is 211 Å². The molecule has 1 fully saturated rings. The quantitative estimate of drug-likeness (QED) is 0.170. The summed E-state index contributed by atoms with van der Waals surface area (Å²) in [6.07, 6.45) is 4.21. The van der Waals surface area contributed by atoms with Crippen LogP contribution in [0.2, 0.25) is 0 Å². The normalized spacial score (nSPS) is 17.9. The molecule has 3 atom stereocenters. The maximum Gasteiger partial charge on any atom is 0.320 e. The standard InChI is InChI=1S/C25H30N3O7P/c1-28(15-14-23(30)26-19-29)24-13-12-22(34-24)18-33-36(35-21-10-6-3-7-11-21)27-16-25(31)32-17-20-8-4-2-5-9-20/h2-11,14-15,19,22,24,27H,12-13,16-18H2,1H3,(H,26,29,30)/b15-14-. The van der Waals surface area contributed by atoms with Crippen LogP contribution in [0.5, 0.6) is 5.75 Å². The largest absolute Gasteiger partial charge is 0.460 e. The Morgan fingerprint density at radius 1 is 1.11 bits per heavy atom. The molecule has 0 bridgehead atoms. The molecule has 192 valence electrons. The van der Waals surface area contributed by atoms with Crippen LogP contribution >= 0.6 is 8.53 Å². The van der Waals surface area contributed by atoms with Gasteiger partial charge in [-0.2, -0.15) is 0 Å². The van der Waals surface area contributed by atoms with Gasteiger partial charge in [0.2, 0.25) is 6.41 Å². The molecule has 0 aliphatic carbocycles. The number of para-hydroxylation sites is 1. The zero-order valence-corrected chi connectivity index (χ0v) is 20.8. The minimum absolute atomic E-state index is 0.0735. The molecule has 1 heterocycles. The Morgan fingerprint density at radius 3 is 2.56 bits per heavy atom. The van der Waals surface area contributed by atoms with Crippen molar-refractivity contribution < 1.29 is 32.9 Å². The summed E-state index contributed by atoms with van der Waals surface area (Å²) in [6.45, 7) is 0.371. The summed E-state index contributed by atoms with van der Waals surface area (Å²) in [4.78, 5) is 35.7. The molecule has 2 aromatic carbocycles. The van der Waals surface area contributed by atoms with E-state index in [9.17, 15) is 14.4 Å². The van der Waals surface area contributed by atoms with Crippen LogP contribution < -0.4 is 14.9 Å². The van der Waals surface area contributed by atoms with Crippen LogP contribution in [-0.4, -0.2) is 55.7 Å². The van der Waals surface area contributed by atoms with Gasteiger partial charge in [-0.15, -0.1) is 0 Å². The molecule has 1 saturated heterocycles. The molecule has 36 heavy (non-hydrogen) atoms. The van der Waals surface area contributed by atoms with Gasteiger partial charge in [-0.25, -0.2) is 5.09 Å². The van der Waals surface area contributed by atoms with E-state index >= 15 is 0 Å². The summed E-state index contributed by atoms with van der Waals surface area (Å²) < 4.78 is 23.2. The fraction of sp³-hybridized carbons (Fsp3) is 0.320. The summed E-state index contributed by atoms with van der Waals surface area (Å²) in [5.41, 5.74) is 0.905. The Hall–Kier alpha value is -3.30. The molecule has 0 saturated carbocycles. The van der Waals surface area contributed by atoms with Crippen LogP contribution in [0.25, 0.3) is 0 Å². The third-order valence-corrected chi connectivity index (χ3v) is 6.28. The van der Waals surface area contributed by atoms with Crippen molar-refractivity contribution in [1.29, 1.82) is 0 Å². The van der Waals surface area contributed by atoms with Gasteiger partial charge in [-0.05, 0) is 30.5 Å². The summed E-state index contributed by atoms with van der Waals surface area (Å²) in [6, 6.07) is 18.6. The number of imide groups is 1. The van der Waals surface area contributed by atoms with Crippen molar-refractivity contribution in [3.05, 3.63) is 78.5 Å². The van der Waals surface area contributed by atoms with E-state index in [-0.39, 0.29) is 32.1 Å². The van der Waals surface area contributed by atoms with Gasteiger partial charge >= 0.3 is 14.5 Å². The molecule has 2 N–H and O–H groups in total. The maximum absolute atomic E-state index is 12.2. The summed E-state index contributed by atoms with van der Waals surface area (Å²) >= 11 is 0. The molecule has 3 unspecified atom stereocenters. The molecule has 3 rings (SSSR count). The molecule has 2 amide bonds. The highest BCUT2D eigenvalue weighted by molar-refractivity contribution is 7.45. The highest BCUT2D eigenvalue weighted by Gasteiger charge is 2.29. The zero-order chi connectivity index (χ0) is 25.6. The topological polar surface area (TPSA) is 115 Å². The molecule has 0 spiro atoms. The van der Waals surface area contributed by atoms with Gasteiger partial charge in [0.15, 0.2) is 0 Å². The number of benzene rings is 2. The van der Waals surface area contributed by atoms with E-state index in [1.54, 1.807) is 30.3 Å². The lowest BCUT2D eigenvalue weighted by molar-refractivity contribution is -0.143. The molecule has 1 aliphatic heterocycles. The first-order valence-electron chi connectivity index (χ1n) is 11.4. The van der Waals surface area contributed by atoms with Crippen LogP contribution in [0, 0.1) is 0 Å². The van der Waals surface area contributed by atoms with Crippen LogP contribution in [0.3, 0.4) is 0 Å². The third kappa shape index (κ3) is 9.75. The zero-order valence-electron chi connectivity index (χ0n) is 19.9. The number of carbonyl (C=O) groups is 3. The predicted molar refractivity (Wildman–Crippen MR) is 133 cm³/mol. The average molecular weight is 516 g/mol. The number of hydrogen-bond donors (Lipinski definition) is 2. The van der Waals surface area contributed by atoms with E-state index in [0.717, 1.165) is 18.4 Å². The number of nitrogens with one attached hydrogen (secondary N) is 2. The van der Waals surface area contributed by atoms with E-state index < -0.39 is 20.4 Å². The first-order valence-corrected chi connectivity index (χ1v) is 12.6. The van der Waals surface area contributed by atoms with Gasteiger partial charge in [0.1, 0.15) is 25.1 Å². The van der Waals surface area contributed by atoms with Gasteiger partial charge < -0.3 is 23.4 Å². The fourth-order valence-corrected chi connectivity index (χ4v) is 4.33. The number of nitrogens with zero attached hydrogens (tertiary/aromatic N) is 1. The molecule has 11 heteroatoms. The Balaban J connectivity index is 1.47. The van der Waals surface area contributed by atoms with Gasteiger partial charge in [0.25, 0.3) is 5.91 Å². The van der Waals surface area contributed by atoms with E-state index in [0.29, 0.717) is 12.2 Å². The molecular formula is C25H30N3O7P. The van der Waals surface area contributed by atoms with Crippen molar-refractivity contribution >= 4 is 26.8 Å². The summed E-state index contributed by atoms with van der Waals surface area (Å²) in [5.74, 6) is -0.319. The third-order valence-electron chi connectivity index (χ3n) is 5.11. The SMILES string of the molecule is CN(/C=C\C(=O)NC=O)C1CCC(COP(NCC(=O)OCc2ccccc2)Oc2ccccc2)O1. The van der Waals surface area contributed by atoms with Crippen molar-refractivity contribution in [3.8, 4) is 5.75 Å². The monoisotopic (exact) mass is 515 g/mol. The van der Waals surface area contributed by atoms with Gasteiger partial charge in [0, 0.05) is 19.3 Å². The lowest BCUT2D eigenvalue weighted by atomic mass is 10.2. The predicted octanol–water partition coefficient (Wildman–Crippen LogP) is 2.87. The van der Waals surface area contributed by atoms with Crippen LogP contribution in [0.15, 0.2) is 72.9 Å². The second-order valence-corrected chi connectivity index (χ2v) is 9.11. The van der Waals surface area contributed by atoms with Crippen molar-refractivity contribution in [1.82, 2.24) is 15.3 Å². The van der Waals surface area contributed by atoms with Gasteiger partial charge in [-0.3, -0.25) is 19.7 Å². The highest BCUT2D eigenvalue weighted by Crippen LogP contribution is 2.36. The number of rotatable bonds is 14. The van der Waals surface area contributed by atoms with Crippen molar-refractivity contribution in [2.24, 2.45) is 0 Å². The van der Waals surface area contributed by atoms with Crippen LogP contribution in [0.1, 0.15) is 18.4 Å². The molecule has 10 nitrogen and oxygen atoms in total. The first-order chi connectivity index (χ1) is 17.5. The van der Waals surface area contributed by atoms with E-state index in [1.807, 2.05) is 53.8 Å². The average Bonchev–Trinajstić information content (AvgIpc) is 3.38. The molecular weight excluding hydrogens is 485 g/mol. The first kappa shape index (κ1) is 27.3. The van der Waals surface area contributed by atoms with Gasteiger partial charge in [0.05, 0.1) is 12.7 Å². The Morgan fingerprint density at radius 2 is 1.83 bits per heavy atom. The number of hydrogen-bond acceptors (Lipinski definition) is 9. The fourth-order valence-electron chi connectivity index (χ4n) is 3.25. The van der Waals surface area contributed by atoms with Crippen LogP contribution in [0.4, 0.5) is 0 Å². The molecule has 1 aliphatic rings. The van der Waals surface area contributed by atoms with E-state index in [1.165, 1.54) is 6.08 Å². The van der Waals surface area contributed by atoms with Crippen LogP contribution in [-0.2, 0) is 35.0 Å². The minimum atomic E-state index is -1.64. The van der Waals surface area contributed by atoms with Crippen molar-refractivity contribution in [3.63, 3.8) is 0 Å². The summed E-state index contributed by atoms with van der Waals surface area (Å²) in [5, 5.41) is 5.05.